The minimum atomic E-state index is -1.06. The normalized spacial score (nSPS) is 20.4. The molecule has 0 aliphatic carbocycles. The second kappa shape index (κ2) is 6.38. The summed E-state index contributed by atoms with van der Waals surface area (Å²) in [7, 11) is 0. The maximum Gasteiger partial charge on any atom is 0.334 e. The molecule has 2 unspecified atom stereocenters. The fourth-order valence-corrected chi connectivity index (χ4v) is 2.06. The van der Waals surface area contributed by atoms with Crippen molar-refractivity contribution in [2.75, 3.05) is 19.7 Å². The van der Waals surface area contributed by atoms with Crippen molar-refractivity contribution in [2.45, 2.75) is 25.5 Å². The summed E-state index contributed by atoms with van der Waals surface area (Å²) >= 11 is 0. The van der Waals surface area contributed by atoms with Gasteiger partial charge in [-0.3, -0.25) is 0 Å². The number of urea groups is 1. The zero-order chi connectivity index (χ0) is 14.5. The number of carboxylic acid groups (broad SMARTS) is 1. The van der Waals surface area contributed by atoms with Crippen molar-refractivity contribution in [3.05, 3.63) is 18.2 Å². The molecule has 1 fully saturated rings. The SMILES string of the molecule is CCC(NC(=O)N1CCOC(C(=O)O)C1)c1ncc[nH]1. The Labute approximate surface area is 116 Å². The van der Waals surface area contributed by atoms with Gasteiger partial charge < -0.3 is 25.0 Å². The molecule has 2 amide bonds. The first-order valence-corrected chi connectivity index (χ1v) is 6.51. The van der Waals surface area contributed by atoms with Crippen LogP contribution in [0.1, 0.15) is 25.2 Å². The Hall–Kier alpha value is -2.09. The lowest BCUT2D eigenvalue weighted by molar-refractivity contribution is -0.154. The number of imidazole rings is 1. The van der Waals surface area contributed by atoms with Crippen LogP contribution in [-0.4, -0.2) is 57.8 Å². The first-order valence-electron chi connectivity index (χ1n) is 6.51. The third kappa shape index (κ3) is 3.27. The molecule has 0 aromatic carbocycles. The first-order chi connectivity index (χ1) is 9.61. The molecule has 110 valence electrons. The van der Waals surface area contributed by atoms with Gasteiger partial charge in [0.2, 0.25) is 0 Å². The lowest BCUT2D eigenvalue weighted by Crippen LogP contribution is -2.52. The van der Waals surface area contributed by atoms with Crippen LogP contribution >= 0.6 is 0 Å². The second-order valence-electron chi connectivity index (χ2n) is 4.53. The van der Waals surface area contributed by atoms with Crippen LogP contribution in [0.15, 0.2) is 12.4 Å². The van der Waals surface area contributed by atoms with Gasteiger partial charge in [-0.1, -0.05) is 6.92 Å². The largest absolute Gasteiger partial charge is 0.479 e. The zero-order valence-corrected chi connectivity index (χ0v) is 11.2. The summed E-state index contributed by atoms with van der Waals surface area (Å²) in [5, 5.41) is 11.8. The third-order valence-electron chi connectivity index (χ3n) is 3.18. The Bertz CT molecular complexity index is 462. The van der Waals surface area contributed by atoms with Crippen molar-refractivity contribution in [1.82, 2.24) is 20.2 Å². The Morgan fingerprint density at radius 1 is 1.70 bits per heavy atom. The summed E-state index contributed by atoms with van der Waals surface area (Å²) in [5.41, 5.74) is 0. The van der Waals surface area contributed by atoms with E-state index in [9.17, 15) is 9.59 Å². The number of ether oxygens (including phenoxy) is 1. The van der Waals surface area contributed by atoms with Crippen LogP contribution in [0.2, 0.25) is 0 Å². The van der Waals surface area contributed by atoms with Crippen LogP contribution < -0.4 is 5.32 Å². The molecule has 0 bridgehead atoms. The third-order valence-corrected chi connectivity index (χ3v) is 3.18. The molecule has 2 heterocycles. The fourth-order valence-electron chi connectivity index (χ4n) is 2.06. The summed E-state index contributed by atoms with van der Waals surface area (Å²) in [4.78, 5) is 31.6. The molecule has 1 aromatic heterocycles. The molecule has 0 spiro atoms. The number of nitrogens with zero attached hydrogens (tertiary/aromatic N) is 2. The van der Waals surface area contributed by atoms with E-state index in [2.05, 4.69) is 15.3 Å². The van der Waals surface area contributed by atoms with Crippen molar-refractivity contribution in [2.24, 2.45) is 0 Å². The molecule has 1 aliphatic rings. The lowest BCUT2D eigenvalue weighted by atomic mass is 10.2. The average molecular weight is 282 g/mol. The van der Waals surface area contributed by atoms with E-state index < -0.39 is 12.1 Å². The highest BCUT2D eigenvalue weighted by Crippen LogP contribution is 2.13. The van der Waals surface area contributed by atoms with E-state index in [0.717, 1.165) is 0 Å². The maximum atomic E-state index is 12.2. The fraction of sp³-hybridized carbons (Fsp3) is 0.583. The van der Waals surface area contributed by atoms with Gasteiger partial charge in [0.1, 0.15) is 5.82 Å². The number of carbonyl (C=O) groups excluding carboxylic acids is 1. The molecule has 1 aliphatic heterocycles. The van der Waals surface area contributed by atoms with Gasteiger partial charge in [0.15, 0.2) is 6.10 Å². The Kier molecular flexibility index (Phi) is 4.57. The van der Waals surface area contributed by atoms with Gasteiger partial charge >= 0.3 is 12.0 Å². The smallest absolute Gasteiger partial charge is 0.334 e. The highest BCUT2D eigenvalue weighted by atomic mass is 16.5. The number of carbonyl (C=O) groups is 2. The molecule has 8 heteroatoms. The number of hydrogen-bond donors (Lipinski definition) is 3. The topological polar surface area (TPSA) is 108 Å². The molecular formula is C12H18N4O4. The zero-order valence-electron chi connectivity index (χ0n) is 11.2. The molecule has 0 saturated carbocycles. The average Bonchev–Trinajstić information content (AvgIpc) is 2.98. The van der Waals surface area contributed by atoms with Crippen LogP contribution in [0.3, 0.4) is 0 Å². The molecule has 2 atom stereocenters. The minimum Gasteiger partial charge on any atom is -0.479 e. The molecule has 1 aromatic rings. The van der Waals surface area contributed by atoms with Crippen molar-refractivity contribution in [1.29, 1.82) is 0 Å². The van der Waals surface area contributed by atoms with E-state index in [0.29, 0.717) is 18.8 Å². The second-order valence-corrected chi connectivity index (χ2v) is 4.53. The molecule has 20 heavy (non-hydrogen) atoms. The summed E-state index contributed by atoms with van der Waals surface area (Å²) < 4.78 is 5.08. The molecule has 2 rings (SSSR count). The number of nitrogens with one attached hydrogen (secondary N) is 2. The molecule has 8 nitrogen and oxygen atoms in total. The Morgan fingerprint density at radius 2 is 2.50 bits per heavy atom. The predicted molar refractivity (Wildman–Crippen MR) is 69.1 cm³/mol. The van der Waals surface area contributed by atoms with E-state index >= 15 is 0 Å². The quantitative estimate of drug-likeness (QED) is 0.739. The highest BCUT2D eigenvalue weighted by Gasteiger charge is 2.30. The summed E-state index contributed by atoms with van der Waals surface area (Å²) in [6, 6.07) is -0.522. The number of aliphatic carboxylic acids is 1. The number of aromatic nitrogens is 2. The van der Waals surface area contributed by atoms with Crippen LogP contribution in [0, 0.1) is 0 Å². The van der Waals surface area contributed by atoms with Gasteiger partial charge in [-0.15, -0.1) is 0 Å². The summed E-state index contributed by atoms with van der Waals surface area (Å²) in [6.07, 6.45) is 3.04. The van der Waals surface area contributed by atoms with Crippen LogP contribution in [0.4, 0.5) is 4.79 Å². The summed E-state index contributed by atoms with van der Waals surface area (Å²) in [6.45, 7) is 2.59. The minimum absolute atomic E-state index is 0.0513. The van der Waals surface area contributed by atoms with Crippen molar-refractivity contribution in [3.63, 3.8) is 0 Å². The highest BCUT2D eigenvalue weighted by molar-refractivity contribution is 5.77. The standard InChI is InChI=1S/C12H18N4O4/c1-2-8(10-13-3-4-14-10)15-12(19)16-5-6-20-9(7-16)11(17)18/h3-4,8-9H,2,5-7H2,1H3,(H,13,14)(H,15,19)(H,17,18). The van der Waals surface area contributed by atoms with Crippen LogP contribution in [0.25, 0.3) is 0 Å². The van der Waals surface area contributed by atoms with E-state index in [1.54, 1.807) is 12.4 Å². The van der Waals surface area contributed by atoms with E-state index in [4.69, 9.17) is 9.84 Å². The molecule has 0 radical (unpaired) electrons. The molecule has 3 N–H and O–H groups in total. The van der Waals surface area contributed by atoms with Crippen molar-refractivity contribution < 1.29 is 19.4 Å². The predicted octanol–water partition coefficient (Wildman–Crippen LogP) is 0.356. The van der Waals surface area contributed by atoms with Crippen molar-refractivity contribution >= 4 is 12.0 Å². The van der Waals surface area contributed by atoms with Gasteiger partial charge in [0.25, 0.3) is 0 Å². The number of carboxylic acids is 1. The number of H-pyrrole nitrogens is 1. The molecule has 1 saturated heterocycles. The number of aromatic amines is 1. The maximum absolute atomic E-state index is 12.2. The Balaban J connectivity index is 1.95. The molecular weight excluding hydrogens is 264 g/mol. The van der Waals surface area contributed by atoms with Gasteiger partial charge in [-0.25, -0.2) is 14.6 Å². The van der Waals surface area contributed by atoms with Gasteiger partial charge in [0.05, 0.1) is 19.2 Å². The number of amides is 2. The van der Waals surface area contributed by atoms with Gasteiger partial charge in [-0.05, 0) is 6.42 Å². The van der Waals surface area contributed by atoms with E-state index in [1.807, 2.05) is 6.92 Å². The van der Waals surface area contributed by atoms with Crippen LogP contribution in [0.5, 0.6) is 0 Å². The van der Waals surface area contributed by atoms with E-state index in [-0.39, 0.29) is 25.2 Å². The lowest BCUT2D eigenvalue weighted by Gasteiger charge is -2.31. The number of morpholine rings is 1. The monoisotopic (exact) mass is 282 g/mol. The van der Waals surface area contributed by atoms with Crippen LogP contribution in [-0.2, 0) is 9.53 Å². The summed E-state index contributed by atoms with van der Waals surface area (Å²) in [5.74, 6) is -0.371. The number of hydrogen-bond acceptors (Lipinski definition) is 4. The number of rotatable bonds is 4. The van der Waals surface area contributed by atoms with E-state index in [1.165, 1.54) is 4.90 Å². The van der Waals surface area contributed by atoms with Crippen molar-refractivity contribution in [3.8, 4) is 0 Å². The van der Waals surface area contributed by atoms with Gasteiger partial charge in [0, 0.05) is 18.9 Å². The van der Waals surface area contributed by atoms with Gasteiger partial charge in [-0.2, -0.15) is 0 Å². The Morgan fingerprint density at radius 3 is 3.10 bits per heavy atom. The first kappa shape index (κ1) is 14.3.